The van der Waals surface area contributed by atoms with Crippen molar-refractivity contribution in [1.29, 1.82) is 0 Å². The molecule has 0 bridgehead atoms. The maximum Gasteiger partial charge on any atom is 0.223 e. The number of aromatic nitrogens is 1. The van der Waals surface area contributed by atoms with Crippen LogP contribution in [0.5, 0.6) is 5.75 Å². The minimum Gasteiger partial charge on any atom is -0.462 e. The molecule has 0 spiro atoms. The molecule has 1 saturated heterocycles. The highest BCUT2D eigenvalue weighted by molar-refractivity contribution is 5.77. The van der Waals surface area contributed by atoms with Crippen molar-refractivity contribution in [3.8, 4) is 17.2 Å². The standard InChI is InChI=1S/C20H20N2O8/c1-9(24)21-17-19(27)18(26)16(8-23)30-20(17)28-11-3-5-13-15(7-11)29-14-6-10(25)2-4-12(14)22-13/h2-7,16-20,23,26-27H,8H2,1H3,(H,21,24). The van der Waals surface area contributed by atoms with Gasteiger partial charge in [0.25, 0.3) is 0 Å². The molecule has 4 rings (SSSR count). The summed E-state index contributed by atoms with van der Waals surface area (Å²) in [5, 5.41) is 32.3. The summed E-state index contributed by atoms with van der Waals surface area (Å²) in [6, 6.07) is 7.98. The van der Waals surface area contributed by atoms with E-state index in [2.05, 4.69) is 10.3 Å². The number of ether oxygens (including phenoxy) is 2. The second-order valence-corrected chi connectivity index (χ2v) is 7.02. The third-order valence-electron chi connectivity index (χ3n) is 4.83. The Morgan fingerprint density at radius 2 is 2.00 bits per heavy atom. The summed E-state index contributed by atoms with van der Waals surface area (Å²) >= 11 is 0. The predicted molar refractivity (Wildman–Crippen MR) is 103 cm³/mol. The minimum absolute atomic E-state index is 0.212. The van der Waals surface area contributed by atoms with Gasteiger partial charge in [0.05, 0.1) is 6.61 Å². The van der Waals surface area contributed by atoms with E-state index in [1.807, 2.05) is 0 Å². The van der Waals surface area contributed by atoms with E-state index in [1.165, 1.54) is 25.1 Å². The van der Waals surface area contributed by atoms with Gasteiger partial charge in [0.15, 0.2) is 16.8 Å². The maximum absolute atomic E-state index is 11.6. The van der Waals surface area contributed by atoms with E-state index in [1.54, 1.807) is 18.2 Å². The van der Waals surface area contributed by atoms with Crippen LogP contribution in [0.25, 0.3) is 22.6 Å². The Kier molecular flexibility index (Phi) is 5.39. The number of hydrogen-bond donors (Lipinski definition) is 4. The number of rotatable bonds is 4. The molecule has 5 atom stereocenters. The summed E-state index contributed by atoms with van der Waals surface area (Å²) in [4.78, 5) is 27.5. The number of fused-ring (bicyclic) bond motifs is 2. The van der Waals surface area contributed by atoms with Gasteiger partial charge in [-0.15, -0.1) is 0 Å². The van der Waals surface area contributed by atoms with Crippen LogP contribution in [0.15, 0.2) is 45.6 Å². The second-order valence-electron chi connectivity index (χ2n) is 7.02. The molecule has 0 radical (unpaired) electrons. The van der Waals surface area contributed by atoms with Crippen LogP contribution >= 0.6 is 0 Å². The minimum atomic E-state index is -1.42. The average molecular weight is 416 g/mol. The van der Waals surface area contributed by atoms with Crippen LogP contribution in [0.2, 0.25) is 0 Å². The summed E-state index contributed by atoms with van der Waals surface area (Å²) in [5.41, 5.74) is 1.19. The number of hydrogen-bond acceptors (Lipinski definition) is 9. The maximum atomic E-state index is 11.6. The first-order chi connectivity index (χ1) is 14.4. The van der Waals surface area contributed by atoms with Crippen molar-refractivity contribution in [3.05, 3.63) is 46.6 Å². The van der Waals surface area contributed by atoms with Crippen LogP contribution < -0.4 is 15.5 Å². The highest BCUT2D eigenvalue weighted by Crippen LogP contribution is 2.29. The van der Waals surface area contributed by atoms with Crippen molar-refractivity contribution in [2.45, 2.75) is 37.6 Å². The summed E-state index contributed by atoms with van der Waals surface area (Å²) in [6.07, 6.45) is -5.11. The van der Waals surface area contributed by atoms with E-state index in [9.17, 15) is 24.9 Å². The van der Waals surface area contributed by atoms with Crippen LogP contribution in [-0.4, -0.2) is 63.5 Å². The normalized spacial score (nSPS) is 26.6. The molecule has 0 saturated carbocycles. The fraction of sp³-hybridized carbons (Fsp3) is 0.350. The van der Waals surface area contributed by atoms with Crippen molar-refractivity contribution in [3.63, 3.8) is 0 Å². The number of carbonyl (C=O) groups is 1. The van der Waals surface area contributed by atoms with Gasteiger partial charge in [0, 0.05) is 19.1 Å². The molecule has 1 amide bonds. The summed E-state index contributed by atoms with van der Waals surface area (Å²) in [7, 11) is 0. The molecule has 5 unspecified atom stereocenters. The molecule has 158 valence electrons. The van der Waals surface area contributed by atoms with Crippen LogP contribution in [0.3, 0.4) is 0 Å². The predicted octanol–water partition coefficient (Wildman–Crippen LogP) is -0.385. The molecule has 3 aliphatic rings. The van der Waals surface area contributed by atoms with Crippen molar-refractivity contribution in [2.24, 2.45) is 0 Å². The molecule has 1 fully saturated rings. The number of nitrogens with zero attached hydrogens (tertiary/aromatic N) is 1. The summed E-state index contributed by atoms with van der Waals surface area (Å²) in [5.74, 6) is 0.130. The first kappa shape index (κ1) is 20.2. The van der Waals surface area contributed by atoms with E-state index in [0.717, 1.165) is 0 Å². The highest BCUT2D eigenvalue weighted by atomic mass is 16.7. The van der Waals surface area contributed by atoms with Gasteiger partial charge in [-0.25, -0.2) is 4.98 Å². The fourth-order valence-electron chi connectivity index (χ4n) is 3.36. The molecule has 30 heavy (non-hydrogen) atoms. The quantitative estimate of drug-likeness (QED) is 0.417. The molecule has 1 aliphatic carbocycles. The monoisotopic (exact) mass is 416 g/mol. The average Bonchev–Trinajstić information content (AvgIpc) is 2.71. The van der Waals surface area contributed by atoms with Gasteiger partial charge >= 0.3 is 0 Å². The van der Waals surface area contributed by atoms with Gasteiger partial charge in [-0.05, 0) is 24.3 Å². The first-order valence-electron chi connectivity index (χ1n) is 9.26. The molecule has 10 heteroatoms. The Hall–Kier alpha value is -3.05. The Bertz CT molecular complexity index is 1100. The highest BCUT2D eigenvalue weighted by Gasteiger charge is 2.46. The van der Waals surface area contributed by atoms with Gasteiger partial charge in [0.2, 0.25) is 12.2 Å². The molecule has 4 N–H and O–H groups in total. The van der Waals surface area contributed by atoms with E-state index in [0.29, 0.717) is 22.6 Å². The molecule has 1 aromatic carbocycles. The van der Waals surface area contributed by atoms with Crippen LogP contribution in [0, 0.1) is 0 Å². The van der Waals surface area contributed by atoms with Gasteiger partial charge in [-0.2, -0.15) is 0 Å². The number of aliphatic hydroxyl groups excluding tert-OH is 3. The zero-order valence-electron chi connectivity index (χ0n) is 15.9. The largest absolute Gasteiger partial charge is 0.462 e. The zero-order chi connectivity index (χ0) is 21.4. The number of nitrogens with one attached hydrogen (secondary N) is 1. The lowest BCUT2D eigenvalue weighted by Gasteiger charge is -2.42. The molecule has 2 heterocycles. The molecule has 0 aromatic heterocycles. The van der Waals surface area contributed by atoms with Crippen LogP contribution in [0.1, 0.15) is 6.92 Å². The molecular weight excluding hydrogens is 396 g/mol. The first-order valence-corrected chi connectivity index (χ1v) is 9.26. The lowest BCUT2D eigenvalue weighted by Crippen LogP contribution is -2.65. The fourth-order valence-corrected chi connectivity index (χ4v) is 3.36. The number of carbonyl (C=O) groups excluding carboxylic acids is 1. The second kappa shape index (κ2) is 8.00. The smallest absolute Gasteiger partial charge is 0.223 e. The van der Waals surface area contributed by atoms with E-state index < -0.39 is 43.2 Å². The Labute approximate surface area is 170 Å². The summed E-state index contributed by atoms with van der Waals surface area (Å²) in [6.45, 7) is 0.704. The van der Waals surface area contributed by atoms with Gasteiger partial charge in [0.1, 0.15) is 41.3 Å². The van der Waals surface area contributed by atoms with Crippen LogP contribution in [-0.2, 0) is 9.53 Å². The third-order valence-corrected chi connectivity index (χ3v) is 4.83. The topological polar surface area (TPSA) is 151 Å². The van der Waals surface area contributed by atoms with Crippen LogP contribution in [0.4, 0.5) is 0 Å². The van der Waals surface area contributed by atoms with E-state index in [-0.39, 0.29) is 11.2 Å². The van der Waals surface area contributed by atoms with Crippen molar-refractivity contribution in [1.82, 2.24) is 10.3 Å². The van der Waals surface area contributed by atoms with Crippen molar-refractivity contribution in [2.75, 3.05) is 6.61 Å². The summed E-state index contributed by atoms with van der Waals surface area (Å²) < 4.78 is 17.1. The molecular formula is C20H20N2O8. The van der Waals surface area contributed by atoms with Gasteiger partial charge in [-0.3, -0.25) is 9.59 Å². The van der Waals surface area contributed by atoms with Crippen molar-refractivity contribution < 1.29 is 34.0 Å². The Morgan fingerprint density at radius 1 is 1.20 bits per heavy atom. The number of benzene rings is 2. The number of amides is 1. The van der Waals surface area contributed by atoms with E-state index >= 15 is 0 Å². The van der Waals surface area contributed by atoms with Gasteiger partial charge < -0.3 is 34.5 Å². The molecule has 1 aromatic rings. The lowest BCUT2D eigenvalue weighted by molar-refractivity contribution is -0.244. The third kappa shape index (κ3) is 3.85. The Morgan fingerprint density at radius 3 is 2.73 bits per heavy atom. The number of aliphatic hydroxyl groups is 3. The lowest BCUT2D eigenvalue weighted by atomic mass is 9.97. The molecule has 10 nitrogen and oxygen atoms in total. The zero-order valence-corrected chi connectivity index (χ0v) is 15.9. The Balaban J connectivity index is 1.66. The van der Waals surface area contributed by atoms with Gasteiger partial charge in [-0.1, -0.05) is 0 Å². The molecule has 2 aliphatic heterocycles. The van der Waals surface area contributed by atoms with Crippen molar-refractivity contribution >= 4 is 17.0 Å². The van der Waals surface area contributed by atoms with E-state index in [4.69, 9.17) is 13.9 Å². The SMILES string of the molecule is CC(=O)NC1C(Oc2ccc3nc4ccc(=O)cc-4oc3c2)OC(CO)C(O)C1O.